The predicted octanol–water partition coefficient (Wildman–Crippen LogP) is 1.45. The fourth-order valence-corrected chi connectivity index (χ4v) is 1.82. The first-order valence-electron chi connectivity index (χ1n) is 6.79. The smallest absolute Gasteiger partial charge is 0.240 e. The minimum Gasteiger partial charge on any atom is -0.376 e. The van der Waals surface area contributed by atoms with E-state index in [1.165, 1.54) is 0 Å². The summed E-state index contributed by atoms with van der Waals surface area (Å²) in [5.41, 5.74) is 6.39. The van der Waals surface area contributed by atoms with Gasteiger partial charge < -0.3 is 15.8 Å². The number of hydrogen-bond acceptors (Lipinski definition) is 3. The van der Waals surface area contributed by atoms with Crippen LogP contribution in [0.2, 0.25) is 0 Å². The third-order valence-electron chi connectivity index (χ3n) is 3.37. The lowest BCUT2D eigenvalue weighted by Gasteiger charge is -2.15. The quantitative estimate of drug-likeness (QED) is 0.781. The molecule has 0 bridgehead atoms. The first-order chi connectivity index (χ1) is 9.10. The molecule has 1 unspecified atom stereocenters. The largest absolute Gasteiger partial charge is 0.376 e. The molecule has 0 aromatic heterocycles. The van der Waals surface area contributed by atoms with E-state index in [-0.39, 0.29) is 11.8 Å². The lowest BCUT2D eigenvalue weighted by molar-refractivity contribution is -0.123. The van der Waals surface area contributed by atoms with Crippen molar-refractivity contribution >= 4 is 5.91 Å². The van der Waals surface area contributed by atoms with Crippen LogP contribution in [0.1, 0.15) is 25.3 Å². The molecule has 1 saturated carbocycles. The Balaban J connectivity index is 1.59. The number of carbonyl (C=O) groups is 1. The highest BCUT2D eigenvalue weighted by atomic mass is 16.5. The van der Waals surface area contributed by atoms with Gasteiger partial charge in [-0.15, -0.1) is 0 Å². The summed E-state index contributed by atoms with van der Waals surface area (Å²) in [5, 5.41) is 2.89. The van der Waals surface area contributed by atoms with Gasteiger partial charge in [0.25, 0.3) is 0 Å². The Morgan fingerprint density at radius 1 is 1.42 bits per heavy atom. The van der Waals surface area contributed by atoms with Gasteiger partial charge in [-0.2, -0.15) is 0 Å². The van der Waals surface area contributed by atoms with Gasteiger partial charge in [0.1, 0.15) is 0 Å². The summed E-state index contributed by atoms with van der Waals surface area (Å²) in [6, 6.07) is 10.1. The molecule has 4 nitrogen and oxygen atoms in total. The Bertz CT molecular complexity index is 415. The summed E-state index contributed by atoms with van der Waals surface area (Å²) < 4.78 is 5.63. The van der Waals surface area contributed by atoms with Crippen molar-refractivity contribution in [2.24, 2.45) is 11.7 Å². The lowest BCUT2D eigenvalue weighted by atomic mass is 10.2. The van der Waals surface area contributed by atoms with Crippen LogP contribution < -0.4 is 11.1 Å². The third kappa shape index (κ3) is 4.33. The molecular formula is C15H22N2O2. The van der Waals surface area contributed by atoms with Gasteiger partial charge in [-0.25, -0.2) is 0 Å². The molecule has 1 fully saturated rings. The molecule has 0 heterocycles. The van der Waals surface area contributed by atoms with Crippen LogP contribution in [0.5, 0.6) is 0 Å². The summed E-state index contributed by atoms with van der Waals surface area (Å²) in [5.74, 6) is 0.262. The van der Waals surface area contributed by atoms with Gasteiger partial charge in [0.2, 0.25) is 5.91 Å². The fourth-order valence-electron chi connectivity index (χ4n) is 1.82. The highest BCUT2D eigenvalue weighted by Crippen LogP contribution is 2.32. The van der Waals surface area contributed by atoms with E-state index in [0.717, 1.165) is 18.4 Å². The van der Waals surface area contributed by atoms with Crippen LogP contribution in [-0.4, -0.2) is 24.6 Å². The third-order valence-corrected chi connectivity index (χ3v) is 3.37. The van der Waals surface area contributed by atoms with Crippen molar-refractivity contribution in [3.8, 4) is 0 Å². The number of benzene rings is 1. The molecule has 104 valence electrons. The number of ether oxygens (including phenoxy) is 1. The number of amides is 1. The second kappa shape index (κ2) is 6.17. The molecule has 19 heavy (non-hydrogen) atoms. The molecular weight excluding hydrogens is 240 g/mol. The van der Waals surface area contributed by atoms with Crippen LogP contribution in [0.15, 0.2) is 30.3 Å². The van der Waals surface area contributed by atoms with E-state index in [1.807, 2.05) is 30.3 Å². The van der Waals surface area contributed by atoms with E-state index >= 15 is 0 Å². The lowest BCUT2D eigenvalue weighted by Crippen LogP contribution is -2.44. The van der Waals surface area contributed by atoms with Gasteiger partial charge >= 0.3 is 0 Å². The van der Waals surface area contributed by atoms with Crippen molar-refractivity contribution in [3.63, 3.8) is 0 Å². The minimum atomic E-state index is -0.579. The zero-order valence-corrected chi connectivity index (χ0v) is 11.4. The van der Waals surface area contributed by atoms with Crippen molar-refractivity contribution in [1.29, 1.82) is 0 Å². The molecule has 1 aliphatic carbocycles. The molecule has 0 spiro atoms. The van der Waals surface area contributed by atoms with E-state index in [1.54, 1.807) is 0 Å². The average Bonchev–Trinajstić information content (AvgIpc) is 3.16. The molecule has 1 aromatic rings. The van der Waals surface area contributed by atoms with E-state index in [2.05, 4.69) is 12.2 Å². The Morgan fingerprint density at radius 3 is 2.74 bits per heavy atom. The van der Waals surface area contributed by atoms with Crippen LogP contribution in [0.4, 0.5) is 0 Å². The maximum atomic E-state index is 11.6. The number of nitrogens with one attached hydrogen (secondary N) is 1. The van der Waals surface area contributed by atoms with E-state index in [4.69, 9.17) is 10.5 Å². The van der Waals surface area contributed by atoms with Gasteiger partial charge in [-0.1, -0.05) is 37.3 Å². The SMILES string of the molecule is CC(CNC(=O)C1(N)CC1)COCc1ccccc1. The average molecular weight is 262 g/mol. The summed E-state index contributed by atoms with van der Waals surface area (Å²) >= 11 is 0. The molecule has 4 heteroatoms. The standard InChI is InChI=1S/C15H22N2O2/c1-12(9-17-14(18)15(16)7-8-15)10-19-11-13-5-3-2-4-6-13/h2-6,12H,7-11,16H2,1H3,(H,17,18). The Labute approximate surface area is 114 Å². The van der Waals surface area contributed by atoms with Crippen molar-refractivity contribution in [1.82, 2.24) is 5.32 Å². The van der Waals surface area contributed by atoms with Crippen LogP contribution in [0, 0.1) is 5.92 Å². The van der Waals surface area contributed by atoms with E-state index in [9.17, 15) is 4.79 Å². The molecule has 1 aliphatic rings. The van der Waals surface area contributed by atoms with Crippen LogP contribution in [0.25, 0.3) is 0 Å². The number of hydrogen-bond donors (Lipinski definition) is 2. The Hall–Kier alpha value is -1.39. The monoisotopic (exact) mass is 262 g/mol. The molecule has 1 aromatic carbocycles. The maximum Gasteiger partial charge on any atom is 0.240 e. The number of carbonyl (C=O) groups excluding carboxylic acids is 1. The second-order valence-electron chi connectivity index (χ2n) is 5.47. The zero-order chi connectivity index (χ0) is 13.7. The van der Waals surface area contributed by atoms with E-state index < -0.39 is 5.54 Å². The highest BCUT2D eigenvalue weighted by Gasteiger charge is 2.45. The Kier molecular flexibility index (Phi) is 4.56. The highest BCUT2D eigenvalue weighted by molar-refractivity contribution is 5.88. The van der Waals surface area contributed by atoms with Gasteiger partial charge in [0, 0.05) is 6.54 Å². The van der Waals surface area contributed by atoms with Crippen molar-refractivity contribution in [2.45, 2.75) is 31.9 Å². The van der Waals surface area contributed by atoms with Gasteiger partial charge in [-0.05, 0) is 24.3 Å². The predicted molar refractivity (Wildman–Crippen MR) is 74.4 cm³/mol. The topological polar surface area (TPSA) is 64.4 Å². The first-order valence-corrected chi connectivity index (χ1v) is 6.79. The molecule has 2 rings (SSSR count). The first kappa shape index (κ1) is 14.0. The molecule has 3 N–H and O–H groups in total. The Morgan fingerprint density at radius 2 is 2.11 bits per heavy atom. The van der Waals surface area contributed by atoms with Gasteiger partial charge in [-0.3, -0.25) is 4.79 Å². The van der Waals surface area contributed by atoms with Gasteiger partial charge in [0.15, 0.2) is 0 Å². The molecule has 1 atom stereocenters. The van der Waals surface area contributed by atoms with Crippen LogP contribution in [-0.2, 0) is 16.1 Å². The van der Waals surface area contributed by atoms with E-state index in [0.29, 0.717) is 19.8 Å². The second-order valence-corrected chi connectivity index (χ2v) is 5.47. The zero-order valence-electron chi connectivity index (χ0n) is 11.4. The molecule has 0 saturated heterocycles. The van der Waals surface area contributed by atoms with Crippen LogP contribution in [0.3, 0.4) is 0 Å². The van der Waals surface area contributed by atoms with Crippen molar-refractivity contribution in [3.05, 3.63) is 35.9 Å². The minimum absolute atomic E-state index is 0.0255. The number of nitrogens with two attached hydrogens (primary N) is 1. The molecule has 0 radical (unpaired) electrons. The van der Waals surface area contributed by atoms with Crippen molar-refractivity contribution in [2.75, 3.05) is 13.2 Å². The fraction of sp³-hybridized carbons (Fsp3) is 0.533. The number of rotatable bonds is 7. The molecule has 0 aliphatic heterocycles. The molecule has 1 amide bonds. The maximum absolute atomic E-state index is 11.6. The summed E-state index contributed by atoms with van der Waals surface area (Å²) in [4.78, 5) is 11.6. The summed E-state index contributed by atoms with van der Waals surface area (Å²) in [6.07, 6.45) is 1.61. The van der Waals surface area contributed by atoms with Crippen molar-refractivity contribution < 1.29 is 9.53 Å². The summed E-state index contributed by atoms with van der Waals surface area (Å²) in [7, 11) is 0. The normalized spacial score (nSPS) is 17.8. The summed E-state index contributed by atoms with van der Waals surface area (Å²) in [6.45, 7) is 3.92. The van der Waals surface area contributed by atoms with Gasteiger partial charge in [0.05, 0.1) is 18.8 Å². The van der Waals surface area contributed by atoms with Crippen LogP contribution >= 0.6 is 0 Å².